The van der Waals surface area contributed by atoms with Gasteiger partial charge in [0.25, 0.3) is 11.8 Å². The van der Waals surface area contributed by atoms with Crippen LogP contribution in [0.1, 0.15) is 34.8 Å². The number of nitrogens with one attached hydrogen (secondary N) is 1. The lowest BCUT2D eigenvalue weighted by Gasteiger charge is -2.19. The van der Waals surface area contributed by atoms with Crippen LogP contribution in [0.2, 0.25) is 5.02 Å². The van der Waals surface area contributed by atoms with Crippen LogP contribution in [0.5, 0.6) is 0 Å². The third-order valence-electron chi connectivity index (χ3n) is 5.83. The maximum Gasteiger partial charge on any atom is 0.268 e. The van der Waals surface area contributed by atoms with E-state index >= 15 is 0 Å². The maximum atomic E-state index is 13.6. The normalized spacial score (nSPS) is 17.3. The molecule has 0 spiro atoms. The Bertz CT molecular complexity index is 1370. The van der Waals surface area contributed by atoms with Crippen LogP contribution < -0.4 is 5.32 Å². The molecule has 0 radical (unpaired) electrons. The predicted octanol–water partition coefficient (Wildman–Crippen LogP) is 4.94. The smallest absolute Gasteiger partial charge is 0.268 e. The molecule has 35 heavy (non-hydrogen) atoms. The topological polar surface area (TPSA) is 86.1 Å². The van der Waals surface area contributed by atoms with E-state index in [4.69, 9.17) is 16.9 Å². The van der Waals surface area contributed by atoms with Crippen molar-refractivity contribution in [2.45, 2.75) is 25.3 Å². The van der Waals surface area contributed by atoms with E-state index in [1.807, 2.05) is 49.4 Å². The summed E-state index contributed by atoms with van der Waals surface area (Å²) in [5, 5.41) is 12.8. The van der Waals surface area contributed by atoms with Crippen molar-refractivity contribution in [2.24, 2.45) is 0 Å². The van der Waals surface area contributed by atoms with Gasteiger partial charge in [-0.15, -0.1) is 0 Å². The Labute approximate surface area is 205 Å². The number of pyridine rings is 1. The van der Waals surface area contributed by atoms with Gasteiger partial charge >= 0.3 is 0 Å². The number of amides is 2. The number of benzene rings is 2. The van der Waals surface area contributed by atoms with E-state index < -0.39 is 43.3 Å². The third kappa shape index (κ3) is 5.47. The van der Waals surface area contributed by atoms with E-state index in [0.29, 0.717) is 21.5 Å². The Hall–Kier alpha value is -3.83. The fourth-order valence-corrected chi connectivity index (χ4v) is 4.17. The van der Waals surface area contributed by atoms with E-state index in [0.717, 1.165) is 21.6 Å². The van der Waals surface area contributed by atoms with E-state index in [9.17, 15) is 18.4 Å². The van der Waals surface area contributed by atoms with Crippen molar-refractivity contribution in [3.8, 4) is 6.07 Å². The Balaban J connectivity index is 1.53. The van der Waals surface area contributed by atoms with Crippen LogP contribution in [0.15, 0.2) is 54.7 Å². The molecule has 0 unspecified atom stereocenters. The molecule has 1 aliphatic rings. The molecule has 4 rings (SSSR count). The summed E-state index contributed by atoms with van der Waals surface area (Å²) in [4.78, 5) is 30.4. The second kappa shape index (κ2) is 9.80. The van der Waals surface area contributed by atoms with E-state index in [1.165, 1.54) is 12.3 Å². The zero-order valence-electron chi connectivity index (χ0n) is 18.8. The fraction of sp³-hybridized carbons (Fsp3) is 0.231. The van der Waals surface area contributed by atoms with Gasteiger partial charge in [0.2, 0.25) is 5.91 Å². The van der Waals surface area contributed by atoms with Crippen molar-refractivity contribution in [1.82, 2.24) is 15.2 Å². The molecule has 0 bridgehead atoms. The van der Waals surface area contributed by atoms with Crippen molar-refractivity contribution in [3.05, 3.63) is 76.4 Å². The minimum Gasteiger partial charge on any atom is -0.343 e. The summed E-state index contributed by atoms with van der Waals surface area (Å²) < 4.78 is 27.3. The molecule has 2 heterocycles. The summed E-state index contributed by atoms with van der Waals surface area (Å²) in [6.45, 7) is 0.638. The number of alkyl halides is 2. The first-order valence-electron chi connectivity index (χ1n) is 10.8. The molecular weight excluding hydrogens is 474 g/mol. The van der Waals surface area contributed by atoms with Gasteiger partial charge in [-0.05, 0) is 54.0 Å². The number of carbonyl (C=O) groups excluding carboxylic acids is 2. The summed E-state index contributed by atoms with van der Waals surface area (Å²) >= 11 is 5.96. The molecule has 2 amide bonds. The van der Waals surface area contributed by atoms with Crippen LogP contribution in [0.25, 0.3) is 22.6 Å². The average Bonchev–Trinajstić information content (AvgIpc) is 3.17. The van der Waals surface area contributed by atoms with Gasteiger partial charge in [-0.25, -0.2) is 8.78 Å². The summed E-state index contributed by atoms with van der Waals surface area (Å²) in [7, 11) is 0. The van der Waals surface area contributed by atoms with Crippen LogP contribution >= 0.6 is 11.6 Å². The van der Waals surface area contributed by atoms with Crippen LogP contribution in [0.3, 0.4) is 0 Å². The molecule has 1 aromatic heterocycles. The number of hydrogen-bond donors (Lipinski definition) is 1. The molecule has 0 saturated carbocycles. The fourth-order valence-electron chi connectivity index (χ4n) is 4.04. The van der Waals surface area contributed by atoms with Crippen molar-refractivity contribution >= 4 is 46.0 Å². The highest BCUT2D eigenvalue weighted by Gasteiger charge is 2.47. The second-order valence-corrected chi connectivity index (χ2v) is 8.82. The highest BCUT2D eigenvalue weighted by molar-refractivity contribution is 6.30. The van der Waals surface area contributed by atoms with Gasteiger partial charge < -0.3 is 10.2 Å². The van der Waals surface area contributed by atoms with Crippen LogP contribution in [-0.2, 0) is 4.79 Å². The molecule has 0 aliphatic carbocycles. The number of carbonyl (C=O) groups is 2. The quantitative estimate of drug-likeness (QED) is 0.509. The molecular formula is C26H21ClF2N4O2. The van der Waals surface area contributed by atoms with E-state index in [-0.39, 0.29) is 0 Å². The summed E-state index contributed by atoms with van der Waals surface area (Å²) in [5.74, 6) is -4.39. The van der Waals surface area contributed by atoms with Gasteiger partial charge in [0.1, 0.15) is 6.04 Å². The first-order chi connectivity index (χ1) is 16.7. The molecule has 1 saturated heterocycles. The molecule has 1 fully saturated rings. The monoisotopic (exact) mass is 494 g/mol. The average molecular weight is 495 g/mol. The Morgan fingerprint density at radius 2 is 2.00 bits per heavy atom. The van der Waals surface area contributed by atoms with Crippen molar-refractivity contribution < 1.29 is 18.4 Å². The summed E-state index contributed by atoms with van der Waals surface area (Å²) in [6, 6.07) is 15.0. The van der Waals surface area contributed by atoms with Gasteiger partial charge in [0, 0.05) is 23.0 Å². The zero-order valence-corrected chi connectivity index (χ0v) is 19.5. The Kier molecular flexibility index (Phi) is 6.81. The number of nitriles is 1. The van der Waals surface area contributed by atoms with Gasteiger partial charge in [0.15, 0.2) is 0 Å². The summed E-state index contributed by atoms with van der Waals surface area (Å²) in [5.41, 5.74) is 3.73. The van der Waals surface area contributed by atoms with Gasteiger partial charge in [-0.3, -0.25) is 14.6 Å². The Morgan fingerprint density at radius 1 is 1.26 bits per heavy atom. The maximum absolute atomic E-state index is 13.6. The molecule has 1 N–H and O–H groups in total. The number of nitrogens with zero attached hydrogens (tertiary/aromatic N) is 3. The number of allylic oxidation sites excluding steroid dienone is 1. The number of rotatable bonds is 5. The van der Waals surface area contributed by atoms with Gasteiger partial charge in [-0.2, -0.15) is 5.26 Å². The summed E-state index contributed by atoms with van der Waals surface area (Å²) in [6.07, 6.45) is 2.75. The van der Waals surface area contributed by atoms with E-state index in [2.05, 4.69) is 10.3 Å². The minimum absolute atomic E-state index is 0.297. The highest BCUT2D eigenvalue weighted by atomic mass is 35.5. The zero-order chi connectivity index (χ0) is 25.2. The van der Waals surface area contributed by atoms with Crippen LogP contribution in [-0.4, -0.2) is 46.8 Å². The van der Waals surface area contributed by atoms with Crippen LogP contribution in [0, 0.1) is 11.3 Å². The molecule has 1 aliphatic heterocycles. The molecule has 2 aromatic carbocycles. The largest absolute Gasteiger partial charge is 0.343 e. The molecule has 1 atom stereocenters. The van der Waals surface area contributed by atoms with Crippen LogP contribution in [0.4, 0.5) is 8.78 Å². The molecule has 9 heteroatoms. The predicted molar refractivity (Wildman–Crippen MR) is 130 cm³/mol. The lowest BCUT2D eigenvalue weighted by Crippen LogP contribution is -2.43. The molecule has 3 aromatic rings. The first-order valence-corrected chi connectivity index (χ1v) is 11.2. The van der Waals surface area contributed by atoms with Crippen molar-refractivity contribution in [3.63, 3.8) is 0 Å². The minimum atomic E-state index is -3.12. The lowest BCUT2D eigenvalue weighted by molar-refractivity contribution is -0.131. The lowest BCUT2D eigenvalue weighted by atomic mass is 10.0. The SMILES string of the molecule is C/C(=C\c1ccc2nccc(C(=O)NCC(=O)N3CC(F)(F)C[C@H]3C#N)c2c1)c1ccc(Cl)cc1. The highest BCUT2D eigenvalue weighted by Crippen LogP contribution is 2.31. The Morgan fingerprint density at radius 3 is 2.71 bits per heavy atom. The van der Waals surface area contributed by atoms with Crippen molar-refractivity contribution in [1.29, 1.82) is 5.26 Å². The number of fused-ring (bicyclic) bond motifs is 1. The van der Waals surface area contributed by atoms with Gasteiger partial charge in [0.05, 0.1) is 30.2 Å². The molecule has 178 valence electrons. The number of aromatic nitrogens is 1. The standard InChI is InChI=1S/C26H21ClF2N4O2/c1-16(18-3-5-19(27)6-4-18)10-17-2-7-23-22(11-17)21(8-9-31-23)25(35)32-14-24(34)33-15-26(28,29)12-20(33)13-30/h2-11,20H,12,14-15H2,1H3,(H,32,35)/b16-10+/t20-/m0/s1. The van der Waals surface area contributed by atoms with E-state index in [1.54, 1.807) is 12.1 Å². The number of likely N-dealkylation sites (tertiary alicyclic amines) is 1. The molecule has 6 nitrogen and oxygen atoms in total. The van der Waals surface area contributed by atoms with Gasteiger partial charge in [-0.1, -0.05) is 35.9 Å². The second-order valence-electron chi connectivity index (χ2n) is 8.38. The number of hydrogen-bond acceptors (Lipinski definition) is 4. The third-order valence-corrected chi connectivity index (χ3v) is 6.08. The first kappa shape index (κ1) is 24.3. The number of halogens is 3. The van der Waals surface area contributed by atoms with Crippen molar-refractivity contribution in [2.75, 3.05) is 13.1 Å².